The largest absolute Gasteiger partial charge is 0.465 e. The number of amides is 1. The van der Waals surface area contributed by atoms with E-state index in [1.165, 1.54) is 7.11 Å². The summed E-state index contributed by atoms with van der Waals surface area (Å²) in [6, 6.07) is 0.0704. The first-order valence-electron chi connectivity index (χ1n) is 7.81. The van der Waals surface area contributed by atoms with Crippen LogP contribution in [0.2, 0.25) is 0 Å². The lowest BCUT2D eigenvalue weighted by atomic mass is 10.2. The molecule has 136 valence electrons. The molecule has 9 heteroatoms. The number of aromatic amines is 1. The number of rotatable bonds is 6. The summed E-state index contributed by atoms with van der Waals surface area (Å²) in [5, 5.41) is 3.21. The summed E-state index contributed by atoms with van der Waals surface area (Å²) in [5.41, 5.74) is 0.265. The Balaban J connectivity index is 2.24. The van der Waals surface area contributed by atoms with Crippen LogP contribution < -0.4 is 10.9 Å². The van der Waals surface area contributed by atoms with Gasteiger partial charge in [0.2, 0.25) is 5.91 Å². The average molecular weight is 366 g/mol. The van der Waals surface area contributed by atoms with E-state index in [1.54, 1.807) is 18.9 Å². The Bertz CT molecular complexity index is 856. The highest BCUT2D eigenvalue weighted by molar-refractivity contribution is 7.20. The summed E-state index contributed by atoms with van der Waals surface area (Å²) in [6.07, 6.45) is 0. The van der Waals surface area contributed by atoms with Crippen molar-refractivity contribution in [2.45, 2.75) is 33.4 Å². The van der Waals surface area contributed by atoms with E-state index in [0.29, 0.717) is 33.0 Å². The molecule has 0 aliphatic heterocycles. The summed E-state index contributed by atoms with van der Waals surface area (Å²) < 4.78 is 4.74. The molecule has 0 saturated heterocycles. The van der Waals surface area contributed by atoms with E-state index >= 15 is 0 Å². The molecule has 0 unspecified atom stereocenters. The van der Waals surface area contributed by atoms with Crippen LogP contribution in [0.4, 0.5) is 0 Å². The molecule has 0 radical (unpaired) electrons. The van der Waals surface area contributed by atoms with Crippen molar-refractivity contribution in [3.63, 3.8) is 0 Å². The molecule has 0 spiro atoms. The molecule has 0 bridgehead atoms. The zero-order valence-electron chi connectivity index (χ0n) is 14.9. The number of hydrogen-bond acceptors (Lipinski definition) is 7. The Morgan fingerprint density at radius 2 is 2.08 bits per heavy atom. The van der Waals surface area contributed by atoms with Crippen LogP contribution in [0.5, 0.6) is 0 Å². The number of aryl methyl sites for hydroxylation is 1. The van der Waals surface area contributed by atoms with Gasteiger partial charge in [0.1, 0.15) is 15.5 Å². The molecule has 25 heavy (non-hydrogen) atoms. The van der Waals surface area contributed by atoms with Crippen molar-refractivity contribution in [2.75, 3.05) is 20.7 Å². The summed E-state index contributed by atoms with van der Waals surface area (Å²) in [5.74, 6) is -0.139. The summed E-state index contributed by atoms with van der Waals surface area (Å²) in [6.45, 7) is 5.98. The number of carbonyl (C=O) groups is 2. The summed E-state index contributed by atoms with van der Waals surface area (Å²) in [4.78, 5) is 45.7. The average Bonchev–Trinajstić information content (AvgIpc) is 2.82. The smallest absolute Gasteiger partial charge is 0.348 e. The van der Waals surface area contributed by atoms with Gasteiger partial charge in [-0.05, 0) is 33.4 Å². The topological polar surface area (TPSA) is 104 Å². The highest BCUT2D eigenvalue weighted by atomic mass is 32.1. The number of nitrogens with one attached hydrogen (secondary N) is 2. The number of methoxy groups -OCH3 is 1. The molecule has 1 amide bonds. The number of fused-ring (bicyclic) bond motifs is 1. The number of ether oxygens (including phenoxy) is 1. The standard InChI is InChI=1S/C16H22N4O4S/c1-8(2)17-11(21)7-20(4)6-10-18-14(22)12-9(3)13(16(23)24-5)25-15(12)19-10/h8H,6-7H2,1-5H3,(H,17,21)(H,18,19,22). The van der Waals surface area contributed by atoms with Crippen LogP contribution in [0.1, 0.15) is 34.9 Å². The first-order valence-corrected chi connectivity index (χ1v) is 8.63. The van der Waals surface area contributed by atoms with Gasteiger partial charge in [0.25, 0.3) is 5.56 Å². The molecule has 0 saturated carbocycles. The molecule has 0 fully saturated rings. The molecule has 0 aromatic carbocycles. The lowest BCUT2D eigenvalue weighted by molar-refractivity contribution is -0.122. The number of esters is 1. The second-order valence-electron chi connectivity index (χ2n) is 6.14. The summed E-state index contributed by atoms with van der Waals surface area (Å²) >= 11 is 1.13. The van der Waals surface area contributed by atoms with E-state index in [4.69, 9.17) is 4.74 Å². The third-order valence-electron chi connectivity index (χ3n) is 3.50. The number of H-pyrrole nitrogens is 1. The van der Waals surface area contributed by atoms with Gasteiger partial charge < -0.3 is 15.0 Å². The number of aromatic nitrogens is 2. The van der Waals surface area contributed by atoms with Crippen molar-refractivity contribution in [1.29, 1.82) is 0 Å². The van der Waals surface area contributed by atoms with Crippen LogP contribution in [0.25, 0.3) is 10.2 Å². The van der Waals surface area contributed by atoms with Gasteiger partial charge in [-0.3, -0.25) is 14.5 Å². The summed E-state index contributed by atoms with van der Waals surface area (Å²) in [7, 11) is 3.07. The number of likely N-dealkylation sites (N-methyl/N-ethyl adjacent to an activating group) is 1. The van der Waals surface area contributed by atoms with Gasteiger partial charge in [-0.15, -0.1) is 11.3 Å². The predicted molar refractivity (Wildman–Crippen MR) is 95.9 cm³/mol. The number of carbonyl (C=O) groups excluding carboxylic acids is 2. The predicted octanol–water partition coefficient (Wildman–Crippen LogP) is 1.04. The van der Waals surface area contributed by atoms with Crippen molar-refractivity contribution in [3.05, 3.63) is 26.6 Å². The minimum absolute atomic E-state index is 0.0704. The van der Waals surface area contributed by atoms with Gasteiger partial charge in [0.05, 0.1) is 25.6 Å². The van der Waals surface area contributed by atoms with Crippen molar-refractivity contribution >= 4 is 33.4 Å². The molecule has 2 N–H and O–H groups in total. The molecule has 2 rings (SSSR count). The van der Waals surface area contributed by atoms with Crippen molar-refractivity contribution < 1.29 is 14.3 Å². The number of nitrogens with zero attached hydrogens (tertiary/aromatic N) is 2. The van der Waals surface area contributed by atoms with E-state index in [9.17, 15) is 14.4 Å². The van der Waals surface area contributed by atoms with Gasteiger partial charge in [-0.2, -0.15) is 0 Å². The first kappa shape index (κ1) is 19.1. The molecule has 2 heterocycles. The van der Waals surface area contributed by atoms with Crippen LogP contribution >= 0.6 is 11.3 Å². The molecule has 8 nitrogen and oxygen atoms in total. The fraction of sp³-hybridized carbons (Fsp3) is 0.500. The first-order chi connectivity index (χ1) is 11.7. The molecule has 0 atom stereocenters. The van der Waals surface area contributed by atoms with Gasteiger partial charge in [-0.1, -0.05) is 0 Å². The van der Waals surface area contributed by atoms with E-state index < -0.39 is 5.97 Å². The Morgan fingerprint density at radius 1 is 1.40 bits per heavy atom. The van der Waals surface area contributed by atoms with Crippen molar-refractivity contribution in [3.8, 4) is 0 Å². The molecular formula is C16H22N4O4S. The highest BCUT2D eigenvalue weighted by Crippen LogP contribution is 2.27. The minimum atomic E-state index is -0.482. The van der Waals surface area contributed by atoms with E-state index in [-0.39, 0.29) is 24.1 Å². The monoisotopic (exact) mass is 366 g/mol. The van der Waals surface area contributed by atoms with Crippen LogP contribution in [-0.4, -0.2) is 53.5 Å². The zero-order chi connectivity index (χ0) is 18.7. The van der Waals surface area contributed by atoms with Crippen LogP contribution in [0.15, 0.2) is 4.79 Å². The quantitative estimate of drug-likeness (QED) is 0.740. The van der Waals surface area contributed by atoms with Crippen LogP contribution in [0.3, 0.4) is 0 Å². The Morgan fingerprint density at radius 3 is 2.68 bits per heavy atom. The van der Waals surface area contributed by atoms with Crippen LogP contribution in [0, 0.1) is 6.92 Å². The molecular weight excluding hydrogens is 344 g/mol. The number of thiophene rings is 1. The normalized spacial score (nSPS) is 11.3. The molecule has 2 aromatic heterocycles. The Labute approximate surface area is 149 Å². The van der Waals surface area contributed by atoms with E-state index in [1.807, 2.05) is 13.8 Å². The Kier molecular flexibility index (Phi) is 5.91. The second kappa shape index (κ2) is 7.75. The van der Waals surface area contributed by atoms with Gasteiger partial charge in [0, 0.05) is 6.04 Å². The minimum Gasteiger partial charge on any atom is -0.465 e. The van der Waals surface area contributed by atoms with Crippen LogP contribution in [-0.2, 0) is 16.1 Å². The number of hydrogen-bond donors (Lipinski definition) is 2. The Hall–Kier alpha value is -2.26. The third kappa shape index (κ3) is 4.43. The van der Waals surface area contributed by atoms with E-state index in [2.05, 4.69) is 15.3 Å². The molecule has 0 aliphatic carbocycles. The van der Waals surface area contributed by atoms with Gasteiger partial charge in [0.15, 0.2) is 0 Å². The maximum atomic E-state index is 12.4. The third-order valence-corrected chi connectivity index (χ3v) is 4.67. The maximum Gasteiger partial charge on any atom is 0.348 e. The SMILES string of the molecule is COC(=O)c1sc2nc(CN(C)CC(=O)NC(C)C)[nH]c(=O)c2c1C. The van der Waals surface area contributed by atoms with Gasteiger partial charge >= 0.3 is 5.97 Å². The highest BCUT2D eigenvalue weighted by Gasteiger charge is 2.20. The van der Waals surface area contributed by atoms with Crippen molar-refractivity contribution in [2.24, 2.45) is 0 Å². The fourth-order valence-electron chi connectivity index (χ4n) is 2.48. The maximum absolute atomic E-state index is 12.4. The fourth-order valence-corrected chi connectivity index (χ4v) is 3.59. The molecule has 2 aromatic rings. The zero-order valence-corrected chi connectivity index (χ0v) is 15.7. The second-order valence-corrected chi connectivity index (χ2v) is 7.13. The lowest BCUT2D eigenvalue weighted by Gasteiger charge is -2.16. The van der Waals surface area contributed by atoms with Gasteiger partial charge in [-0.25, -0.2) is 9.78 Å². The van der Waals surface area contributed by atoms with E-state index in [0.717, 1.165) is 11.3 Å². The van der Waals surface area contributed by atoms with Crippen molar-refractivity contribution in [1.82, 2.24) is 20.2 Å². The lowest BCUT2D eigenvalue weighted by Crippen LogP contribution is -2.38. The molecule has 0 aliphatic rings.